The fourth-order valence-corrected chi connectivity index (χ4v) is 2.17. The molecule has 1 aromatic carbocycles. The van der Waals surface area contributed by atoms with E-state index in [1.54, 1.807) is 26.2 Å². The molecule has 1 aliphatic rings. The molecule has 1 atom stereocenters. The molecule has 0 unspecified atom stereocenters. The lowest BCUT2D eigenvalue weighted by Crippen LogP contribution is -2.23. The largest absolute Gasteiger partial charge is 0.507 e. The number of hydrogen-bond acceptors (Lipinski definition) is 6. The van der Waals surface area contributed by atoms with Crippen LogP contribution >= 0.6 is 11.8 Å². The van der Waals surface area contributed by atoms with Gasteiger partial charge >= 0.3 is 0 Å². The average molecular weight is 279 g/mol. The highest BCUT2D eigenvalue weighted by Gasteiger charge is 2.25. The first-order valence-electron chi connectivity index (χ1n) is 5.55. The molecule has 0 spiro atoms. The Hall–Kier alpha value is -2.02. The van der Waals surface area contributed by atoms with Crippen molar-refractivity contribution in [3.63, 3.8) is 0 Å². The van der Waals surface area contributed by atoms with Gasteiger partial charge in [-0.3, -0.25) is 4.79 Å². The van der Waals surface area contributed by atoms with Gasteiger partial charge in [0.25, 0.3) is 0 Å². The second-order valence-corrected chi connectivity index (χ2v) is 5.15. The summed E-state index contributed by atoms with van der Waals surface area (Å²) in [5, 5.41) is 20.3. The van der Waals surface area contributed by atoms with Gasteiger partial charge in [0.05, 0.1) is 18.6 Å². The molecule has 7 heteroatoms. The highest BCUT2D eigenvalue weighted by atomic mass is 32.2. The topological polar surface area (TPSA) is 83.3 Å². The molecular weight excluding hydrogens is 266 g/mol. The maximum atomic E-state index is 11.2. The molecule has 2 N–H and O–H groups in total. The first-order chi connectivity index (χ1) is 9.10. The number of phenolic OH excluding ortho intramolecular Hbond substituents is 1. The SMILES string of the molecule is COc1ccc(O)c(/C=N\N=C2NC(=O)[C@H](C)S2)c1. The third-order valence-corrected chi connectivity index (χ3v) is 3.44. The smallest absolute Gasteiger partial charge is 0.239 e. The molecule has 1 amide bonds. The normalized spacial score (nSPS) is 21.1. The van der Waals surface area contributed by atoms with E-state index in [2.05, 4.69) is 15.5 Å². The predicted octanol–water partition coefficient (Wildman–Crippen LogP) is 1.34. The predicted molar refractivity (Wildman–Crippen MR) is 74.9 cm³/mol. The second kappa shape index (κ2) is 5.75. The lowest BCUT2D eigenvalue weighted by molar-refractivity contribution is -0.118. The van der Waals surface area contributed by atoms with Gasteiger partial charge in [0, 0.05) is 5.56 Å². The third kappa shape index (κ3) is 3.25. The summed E-state index contributed by atoms with van der Waals surface area (Å²) in [7, 11) is 1.54. The number of nitrogens with zero attached hydrogens (tertiary/aromatic N) is 2. The lowest BCUT2D eigenvalue weighted by Gasteiger charge is -2.02. The van der Waals surface area contributed by atoms with Crippen molar-refractivity contribution in [2.75, 3.05) is 7.11 Å². The van der Waals surface area contributed by atoms with E-state index in [1.807, 2.05) is 0 Å². The van der Waals surface area contributed by atoms with Crippen molar-refractivity contribution in [3.05, 3.63) is 23.8 Å². The highest BCUT2D eigenvalue weighted by molar-refractivity contribution is 8.15. The van der Waals surface area contributed by atoms with Crippen LogP contribution in [0.1, 0.15) is 12.5 Å². The molecule has 2 rings (SSSR count). The van der Waals surface area contributed by atoms with E-state index in [0.29, 0.717) is 16.5 Å². The van der Waals surface area contributed by atoms with Crippen LogP contribution in [-0.2, 0) is 4.79 Å². The molecule has 0 radical (unpaired) electrons. The lowest BCUT2D eigenvalue weighted by atomic mass is 10.2. The number of thioether (sulfide) groups is 1. The molecule has 1 aliphatic heterocycles. The van der Waals surface area contributed by atoms with E-state index in [0.717, 1.165) is 0 Å². The zero-order valence-electron chi connectivity index (χ0n) is 10.5. The summed E-state index contributed by atoms with van der Waals surface area (Å²) in [5.74, 6) is 0.619. The molecule has 0 saturated carbocycles. The minimum absolute atomic E-state index is 0.0804. The quantitative estimate of drug-likeness (QED) is 0.646. The Bertz CT molecular complexity index is 557. The van der Waals surface area contributed by atoms with Crippen molar-refractivity contribution < 1.29 is 14.6 Å². The maximum absolute atomic E-state index is 11.2. The highest BCUT2D eigenvalue weighted by Crippen LogP contribution is 2.21. The van der Waals surface area contributed by atoms with Gasteiger partial charge in [-0.05, 0) is 25.1 Å². The zero-order valence-corrected chi connectivity index (χ0v) is 11.3. The first-order valence-corrected chi connectivity index (χ1v) is 6.43. The van der Waals surface area contributed by atoms with Crippen LogP contribution in [0.3, 0.4) is 0 Å². The van der Waals surface area contributed by atoms with Crippen LogP contribution in [0, 0.1) is 0 Å². The third-order valence-electron chi connectivity index (χ3n) is 2.47. The molecule has 0 aromatic heterocycles. The number of methoxy groups -OCH3 is 1. The van der Waals surface area contributed by atoms with Gasteiger partial charge < -0.3 is 15.2 Å². The van der Waals surface area contributed by atoms with E-state index >= 15 is 0 Å². The fourth-order valence-electron chi connectivity index (χ4n) is 1.41. The van der Waals surface area contributed by atoms with E-state index in [4.69, 9.17) is 4.74 Å². The van der Waals surface area contributed by atoms with Crippen LogP contribution < -0.4 is 10.1 Å². The average Bonchev–Trinajstić information content (AvgIpc) is 2.71. The van der Waals surface area contributed by atoms with Gasteiger partial charge in [0.15, 0.2) is 5.17 Å². The Morgan fingerprint density at radius 1 is 1.53 bits per heavy atom. The number of nitrogens with one attached hydrogen (secondary N) is 1. The van der Waals surface area contributed by atoms with Crippen LogP contribution in [0.2, 0.25) is 0 Å². The summed E-state index contributed by atoms with van der Waals surface area (Å²) in [4.78, 5) is 11.2. The zero-order chi connectivity index (χ0) is 13.8. The van der Waals surface area contributed by atoms with E-state index in [1.165, 1.54) is 24.0 Å². The number of rotatable bonds is 3. The van der Waals surface area contributed by atoms with Crippen molar-refractivity contribution in [2.24, 2.45) is 10.2 Å². The minimum atomic E-state index is -0.154. The summed E-state index contributed by atoms with van der Waals surface area (Å²) < 4.78 is 5.05. The Balaban J connectivity index is 2.11. The number of phenols is 1. The number of amides is 1. The van der Waals surface area contributed by atoms with Crippen molar-refractivity contribution in [1.82, 2.24) is 5.32 Å². The van der Waals surface area contributed by atoms with Crippen LogP contribution in [0.4, 0.5) is 0 Å². The summed E-state index contributed by atoms with van der Waals surface area (Å²) in [5.41, 5.74) is 0.492. The van der Waals surface area contributed by atoms with Gasteiger partial charge in [-0.25, -0.2) is 0 Å². The molecule has 0 aliphatic carbocycles. The minimum Gasteiger partial charge on any atom is -0.507 e. The van der Waals surface area contributed by atoms with Gasteiger partial charge in [-0.2, -0.15) is 5.10 Å². The Kier molecular flexibility index (Phi) is 4.06. The summed E-state index contributed by atoms with van der Waals surface area (Å²) >= 11 is 1.31. The number of amidine groups is 1. The van der Waals surface area contributed by atoms with Crippen LogP contribution in [0.15, 0.2) is 28.4 Å². The number of benzene rings is 1. The van der Waals surface area contributed by atoms with E-state index in [9.17, 15) is 9.90 Å². The van der Waals surface area contributed by atoms with Crippen LogP contribution in [-0.4, -0.2) is 34.8 Å². The number of carbonyl (C=O) groups excluding carboxylic acids is 1. The molecule has 1 aromatic rings. The Morgan fingerprint density at radius 2 is 2.32 bits per heavy atom. The van der Waals surface area contributed by atoms with Gasteiger partial charge in [-0.1, -0.05) is 11.8 Å². The number of carbonyl (C=O) groups is 1. The maximum Gasteiger partial charge on any atom is 0.239 e. The Labute approximate surface area is 114 Å². The monoisotopic (exact) mass is 279 g/mol. The molecule has 6 nitrogen and oxygen atoms in total. The van der Waals surface area contributed by atoms with Crippen LogP contribution in [0.25, 0.3) is 0 Å². The van der Waals surface area contributed by atoms with Gasteiger partial charge in [0.2, 0.25) is 5.91 Å². The summed E-state index contributed by atoms with van der Waals surface area (Å²) in [6, 6.07) is 4.80. The van der Waals surface area contributed by atoms with Crippen molar-refractivity contribution in [1.29, 1.82) is 0 Å². The number of hydrogen-bond donors (Lipinski definition) is 2. The molecule has 100 valence electrons. The number of ether oxygens (including phenoxy) is 1. The van der Waals surface area contributed by atoms with E-state index < -0.39 is 0 Å². The fraction of sp³-hybridized carbons (Fsp3) is 0.250. The van der Waals surface area contributed by atoms with Gasteiger partial charge in [-0.15, -0.1) is 5.10 Å². The molecule has 0 bridgehead atoms. The standard InChI is InChI=1S/C12H13N3O3S/c1-7-11(17)14-12(19-7)15-13-6-8-5-9(18-2)3-4-10(8)16/h3-7,16H,1-2H3,(H,14,15,17)/b13-6-/t7-/m0/s1. The molecule has 1 fully saturated rings. The van der Waals surface area contributed by atoms with E-state index in [-0.39, 0.29) is 16.9 Å². The van der Waals surface area contributed by atoms with Gasteiger partial charge in [0.1, 0.15) is 11.5 Å². The molecule has 1 heterocycles. The summed E-state index contributed by atoms with van der Waals surface area (Å²) in [6.45, 7) is 1.79. The molecular formula is C12H13N3O3S. The number of aromatic hydroxyl groups is 1. The first kappa shape index (κ1) is 13.4. The van der Waals surface area contributed by atoms with Crippen molar-refractivity contribution in [3.8, 4) is 11.5 Å². The molecule has 19 heavy (non-hydrogen) atoms. The second-order valence-electron chi connectivity index (χ2n) is 3.82. The molecule has 1 saturated heterocycles. The van der Waals surface area contributed by atoms with Crippen molar-refractivity contribution in [2.45, 2.75) is 12.2 Å². The van der Waals surface area contributed by atoms with Crippen LogP contribution in [0.5, 0.6) is 11.5 Å². The van der Waals surface area contributed by atoms with Crippen molar-refractivity contribution >= 4 is 29.1 Å². The summed E-state index contributed by atoms with van der Waals surface area (Å²) in [6.07, 6.45) is 1.40. The Morgan fingerprint density at radius 3 is 2.95 bits per heavy atom.